The van der Waals surface area contributed by atoms with Crippen LogP contribution in [0.15, 0.2) is 0 Å². The topological polar surface area (TPSA) is 331 Å². The molecule has 22 heteroatoms. The van der Waals surface area contributed by atoms with Gasteiger partial charge in [0.1, 0.15) is 79.8 Å². The molecule has 3 rings (SSSR count). The first-order chi connectivity index (χ1) is 25.8. The maximum atomic E-state index is 12.1. The summed E-state index contributed by atoms with van der Waals surface area (Å²) in [5.74, 6) is -0.919. The molecule has 15 atom stereocenters. The van der Waals surface area contributed by atoms with Gasteiger partial charge in [0.2, 0.25) is 11.8 Å². The SMILES string of the molecule is COCC(=O)CCCOCCC(=O)NCCCO[C@@H]1OC(CO)[C@@H](O[C@@H]2OC(CO)[C@H](O)[C@H](O[C@H]3OC(CO)[C@H](O)[C@H](O)C3O)C2O)[C@H](O)C1NC(C)=O. The number of aliphatic hydroxyl groups excluding tert-OH is 9. The second-order valence-corrected chi connectivity index (χ2v) is 13.1. The minimum atomic E-state index is -1.95. The van der Waals surface area contributed by atoms with Crippen LogP contribution in [0.25, 0.3) is 0 Å². The number of hydrogen-bond donors (Lipinski definition) is 11. The van der Waals surface area contributed by atoms with Crippen molar-refractivity contribution in [1.82, 2.24) is 10.6 Å². The quantitative estimate of drug-likeness (QED) is 0.0454. The smallest absolute Gasteiger partial charge is 0.222 e. The highest BCUT2D eigenvalue weighted by molar-refractivity contribution is 5.79. The standard InChI is InChI=1S/C32H56N2O20/c1-15(38)34-21-24(43)28(19(13-37)52-30(21)49-9-4-7-33-20(40)6-10-48-8-3-5-16(39)14-47-2)53-32-27(46)29(23(42)18(12-36)51-32)54-31-26(45)25(44)22(41)17(11-35)50-31/h17-19,21-32,35-37,41-46H,3-14H2,1-2H3,(H,33,40)(H,34,38)/t17?,18?,19?,21?,22-,23-,24+,25-,26?,27?,28+,29-,30+,31+,32-/m0/s1. The van der Waals surface area contributed by atoms with E-state index in [0.717, 1.165) is 0 Å². The molecule has 314 valence electrons. The highest BCUT2D eigenvalue weighted by atomic mass is 16.8. The molecule has 0 radical (unpaired) electrons. The van der Waals surface area contributed by atoms with E-state index in [1.807, 2.05) is 0 Å². The summed E-state index contributed by atoms with van der Waals surface area (Å²) in [6, 6.07) is -1.30. The molecular weight excluding hydrogens is 732 g/mol. The minimum Gasteiger partial charge on any atom is -0.394 e. The lowest BCUT2D eigenvalue weighted by Crippen LogP contribution is -2.68. The summed E-state index contributed by atoms with van der Waals surface area (Å²) in [4.78, 5) is 35.7. The number of hydrogen-bond acceptors (Lipinski definition) is 20. The fourth-order valence-corrected chi connectivity index (χ4v) is 6.04. The second-order valence-electron chi connectivity index (χ2n) is 13.1. The molecule has 0 bridgehead atoms. The molecule has 3 aliphatic rings. The van der Waals surface area contributed by atoms with Crippen LogP contribution in [0.3, 0.4) is 0 Å². The molecule has 22 nitrogen and oxygen atoms in total. The van der Waals surface area contributed by atoms with Crippen molar-refractivity contribution in [2.45, 2.75) is 125 Å². The number of ketones is 1. The average molecular weight is 789 g/mol. The Morgan fingerprint density at radius 2 is 1.26 bits per heavy atom. The van der Waals surface area contributed by atoms with E-state index in [-0.39, 0.29) is 50.9 Å². The van der Waals surface area contributed by atoms with E-state index in [1.165, 1.54) is 14.0 Å². The van der Waals surface area contributed by atoms with Gasteiger partial charge in [-0.05, 0) is 12.8 Å². The van der Waals surface area contributed by atoms with Gasteiger partial charge in [0.25, 0.3) is 0 Å². The molecule has 0 spiro atoms. The number of ether oxygens (including phenoxy) is 8. The van der Waals surface area contributed by atoms with Crippen LogP contribution in [0, 0.1) is 0 Å². The Morgan fingerprint density at radius 1 is 0.648 bits per heavy atom. The van der Waals surface area contributed by atoms with Crippen molar-refractivity contribution in [2.24, 2.45) is 0 Å². The zero-order valence-electron chi connectivity index (χ0n) is 30.2. The van der Waals surface area contributed by atoms with Crippen LogP contribution in [0.4, 0.5) is 0 Å². The summed E-state index contributed by atoms with van der Waals surface area (Å²) in [5, 5.41) is 98.8. The number of methoxy groups -OCH3 is 1. The van der Waals surface area contributed by atoms with Crippen LogP contribution < -0.4 is 10.6 Å². The first-order valence-corrected chi connectivity index (χ1v) is 17.7. The summed E-state index contributed by atoms with van der Waals surface area (Å²) in [7, 11) is 1.44. The number of amides is 2. The fraction of sp³-hybridized carbons (Fsp3) is 0.906. The monoisotopic (exact) mass is 788 g/mol. The van der Waals surface area contributed by atoms with E-state index in [0.29, 0.717) is 19.4 Å². The van der Waals surface area contributed by atoms with Crippen molar-refractivity contribution in [2.75, 3.05) is 59.9 Å². The number of aliphatic hydroxyl groups is 9. The number of carbonyl (C=O) groups is 3. The molecule has 0 aromatic rings. The minimum absolute atomic E-state index is 0.0269. The van der Waals surface area contributed by atoms with Crippen LogP contribution in [0.2, 0.25) is 0 Å². The third-order valence-corrected chi connectivity index (χ3v) is 8.92. The van der Waals surface area contributed by atoms with Crippen LogP contribution in [0.5, 0.6) is 0 Å². The summed E-state index contributed by atoms with van der Waals surface area (Å²) in [6.45, 7) is -0.533. The Balaban J connectivity index is 1.56. The van der Waals surface area contributed by atoms with Gasteiger partial charge in [-0.3, -0.25) is 14.4 Å². The van der Waals surface area contributed by atoms with E-state index in [9.17, 15) is 60.3 Å². The molecular formula is C32H56N2O20. The molecule has 6 unspecified atom stereocenters. The third kappa shape index (κ3) is 13.0. The molecule has 3 aliphatic heterocycles. The van der Waals surface area contributed by atoms with Crippen molar-refractivity contribution in [3.05, 3.63) is 0 Å². The van der Waals surface area contributed by atoms with Crippen molar-refractivity contribution in [3.8, 4) is 0 Å². The van der Waals surface area contributed by atoms with Gasteiger partial charge in [-0.25, -0.2) is 0 Å². The lowest BCUT2D eigenvalue weighted by molar-refractivity contribution is -0.376. The molecule has 3 heterocycles. The van der Waals surface area contributed by atoms with Crippen molar-refractivity contribution in [3.63, 3.8) is 0 Å². The summed E-state index contributed by atoms with van der Waals surface area (Å²) >= 11 is 0. The fourth-order valence-electron chi connectivity index (χ4n) is 6.04. The molecule has 0 aliphatic carbocycles. The first kappa shape index (κ1) is 46.3. The van der Waals surface area contributed by atoms with Crippen LogP contribution in [0.1, 0.15) is 32.6 Å². The van der Waals surface area contributed by atoms with E-state index >= 15 is 0 Å². The maximum absolute atomic E-state index is 12.1. The zero-order chi connectivity index (χ0) is 39.9. The Labute approximate surface area is 311 Å². The van der Waals surface area contributed by atoms with Gasteiger partial charge in [0.15, 0.2) is 24.7 Å². The largest absolute Gasteiger partial charge is 0.394 e. The predicted molar refractivity (Wildman–Crippen MR) is 176 cm³/mol. The highest BCUT2D eigenvalue weighted by Crippen LogP contribution is 2.32. The van der Waals surface area contributed by atoms with Gasteiger partial charge in [-0.15, -0.1) is 0 Å². The van der Waals surface area contributed by atoms with Gasteiger partial charge in [0, 0.05) is 40.0 Å². The van der Waals surface area contributed by atoms with E-state index < -0.39 is 118 Å². The lowest BCUT2D eigenvalue weighted by atomic mass is 9.95. The van der Waals surface area contributed by atoms with Crippen LogP contribution in [-0.2, 0) is 52.3 Å². The predicted octanol–water partition coefficient (Wildman–Crippen LogP) is -6.50. The number of carbonyl (C=O) groups excluding carboxylic acids is 3. The van der Waals surface area contributed by atoms with Gasteiger partial charge in [-0.2, -0.15) is 0 Å². The third-order valence-electron chi connectivity index (χ3n) is 8.92. The molecule has 0 saturated carbocycles. The van der Waals surface area contributed by atoms with E-state index in [4.69, 9.17) is 37.9 Å². The molecule has 0 aromatic heterocycles. The van der Waals surface area contributed by atoms with E-state index in [1.54, 1.807) is 0 Å². The Bertz CT molecular complexity index is 1140. The van der Waals surface area contributed by atoms with Crippen molar-refractivity contribution >= 4 is 17.6 Å². The summed E-state index contributed by atoms with van der Waals surface area (Å²) in [6.07, 6.45) is -22.1. The van der Waals surface area contributed by atoms with Crippen molar-refractivity contribution < 1.29 is 98.2 Å². The molecule has 3 fully saturated rings. The molecule has 11 N–H and O–H groups in total. The van der Waals surface area contributed by atoms with Crippen LogP contribution >= 0.6 is 0 Å². The number of rotatable bonds is 22. The number of nitrogens with one attached hydrogen (secondary N) is 2. The normalized spacial score (nSPS) is 37.1. The van der Waals surface area contributed by atoms with Crippen LogP contribution in [-0.4, -0.2) is 216 Å². The molecule has 54 heavy (non-hydrogen) atoms. The van der Waals surface area contributed by atoms with Gasteiger partial charge >= 0.3 is 0 Å². The molecule has 2 amide bonds. The summed E-state index contributed by atoms with van der Waals surface area (Å²) in [5.41, 5.74) is 0. The molecule has 0 aromatic carbocycles. The Morgan fingerprint density at radius 3 is 1.89 bits per heavy atom. The van der Waals surface area contributed by atoms with Crippen molar-refractivity contribution in [1.29, 1.82) is 0 Å². The first-order valence-electron chi connectivity index (χ1n) is 17.7. The van der Waals surface area contributed by atoms with E-state index in [2.05, 4.69) is 10.6 Å². The number of Topliss-reactive ketones (excluding diaryl/α,β-unsaturated/α-hetero) is 1. The van der Waals surface area contributed by atoms with Gasteiger partial charge in [0.05, 0.1) is 33.0 Å². The van der Waals surface area contributed by atoms with Gasteiger partial charge < -0.3 is 94.5 Å². The second kappa shape index (κ2) is 23.2. The Kier molecular flexibility index (Phi) is 19.9. The average Bonchev–Trinajstić information content (AvgIpc) is 3.14. The lowest BCUT2D eigenvalue weighted by Gasteiger charge is -2.48. The van der Waals surface area contributed by atoms with Gasteiger partial charge in [-0.1, -0.05) is 0 Å². The maximum Gasteiger partial charge on any atom is 0.222 e. The summed E-state index contributed by atoms with van der Waals surface area (Å²) < 4.78 is 44.0. The zero-order valence-corrected chi connectivity index (χ0v) is 30.2. The highest BCUT2D eigenvalue weighted by Gasteiger charge is 2.54. The molecule has 3 saturated heterocycles. The Hall–Kier alpha value is -2.07.